The highest BCUT2D eigenvalue weighted by atomic mass is 16.2. The quantitative estimate of drug-likeness (QED) is 0.700. The molecular formula is C12H22N4O. The van der Waals surface area contributed by atoms with Crippen molar-refractivity contribution in [3.63, 3.8) is 0 Å². The first-order chi connectivity index (χ1) is 8.19. The lowest BCUT2D eigenvalue weighted by Gasteiger charge is -2.18. The van der Waals surface area contributed by atoms with Gasteiger partial charge in [0, 0.05) is 45.0 Å². The molecule has 1 aromatic rings. The molecule has 0 saturated heterocycles. The van der Waals surface area contributed by atoms with Crippen molar-refractivity contribution in [2.24, 2.45) is 7.05 Å². The molecule has 0 spiro atoms. The second-order valence-corrected chi connectivity index (χ2v) is 3.94. The first-order valence-electron chi connectivity index (χ1n) is 6.14. The Morgan fingerprint density at radius 3 is 2.71 bits per heavy atom. The number of amides is 1. The Labute approximate surface area is 103 Å². The molecule has 0 fully saturated rings. The van der Waals surface area contributed by atoms with E-state index in [2.05, 4.69) is 10.4 Å². The zero-order valence-corrected chi connectivity index (χ0v) is 10.9. The summed E-state index contributed by atoms with van der Waals surface area (Å²) in [5, 5.41) is 7.27. The molecule has 1 heterocycles. The van der Waals surface area contributed by atoms with E-state index < -0.39 is 0 Å². The Hall–Kier alpha value is -1.36. The molecule has 0 radical (unpaired) electrons. The number of likely N-dealkylation sites (N-methyl/N-ethyl adjacent to an activating group) is 1. The summed E-state index contributed by atoms with van der Waals surface area (Å²) in [7, 11) is 1.93. The Morgan fingerprint density at radius 2 is 2.18 bits per heavy atom. The van der Waals surface area contributed by atoms with E-state index in [4.69, 9.17) is 0 Å². The normalized spacial score (nSPS) is 10.5. The molecule has 1 aromatic heterocycles. The van der Waals surface area contributed by atoms with Crippen LogP contribution in [0.15, 0.2) is 12.3 Å². The summed E-state index contributed by atoms with van der Waals surface area (Å²) in [6.07, 6.45) is 2.68. The second kappa shape index (κ2) is 7.06. The predicted octanol–water partition coefficient (Wildman–Crippen LogP) is 0.421. The zero-order valence-electron chi connectivity index (χ0n) is 10.9. The fourth-order valence-corrected chi connectivity index (χ4v) is 1.75. The Balaban J connectivity index is 2.20. The number of carbonyl (C=O) groups is 1. The van der Waals surface area contributed by atoms with Gasteiger partial charge in [0.15, 0.2) is 0 Å². The average molecular weight is 238 g/mol. The van der Waals surface area contributed by atoms with E-state index in [-0.39, 0.29) is 5.91 Å². The van der Waals surface area contributed by atoms with Crippen LogP contribution in [0.3, 0.4) is 0 Å². The highest BCUT2D eigenvalue weighted by molar-refractivity contribution is 5.78. The van der Waals surface area contributed by atoms with Gasteiger partial charge in [0.2, 0.25) is 5.91 Å². The van der Waals surface area contributed by atoms with Crippen LogP contribution in [0.5, 0.6) is 0 Å². The van der Waals surface area contributed by atoms with Crippen LogP contribution in [0, 0.1) is 0 Å². The number of hydrogen-bond acceptors (Lipinski definition) is 3. The largest absolute Gasteiger partial charge is 0.342 e. The minimum absolute atomic E-state index is 0.167. The fraction of sp³-hybridized carbons (Fsp3) is 0.667. The third kappa shape index (κ3) is 4.19. The molecule has 0 bridgehead atoms. The van der Waals surface area contributed by atoms with Crippen molar-refractivity contribution in [2.75, 3.05) is 26.2 Å². The van der Waals surface area contributed by atoms with Crippen LogP contribution in [0.2, 0.25) is 0 Å². The fourth-order valence-electron chi connectivity index (χ4n) is 1.75. The first kappa shape index (κ1) is 13.7. The number of aromatic nitrogens is 2. The van der Waals surface area contributed by atoms with E-state index in [1.54, 1.807) is 6.20 Å². The molecule has 17 heavy (non-hydrogen) atoms. The van der Waals surface area contributed by atoms with Crippen molar-refractivity contribution in [3.05, 3.63) is 18.0 Å². The number of hydrogen-bond donors (Lipinski definition) is 1. The predicted molar refractivity (Wildman–Crippen MR) is 67.7 cm³/mol. The molecule has 5 heteroatoms. The van der Waals surface area contributed by atoms with E-state index in [1.807, 2.05) is 36.5 Å². The van der Waals surface area contributed by atoms with Gasteiger partial charge >= 0.3 is 0 Å². The number of nitrogens with one attached hydrogen (secondary N) is 1. The molecule has 5 nitrogen and oxygen atoms in total. The minimum atomic E-state index is 0.167. The highest BCUT2D eigenvalue weighted by Gasteiger charge is 2.08. The molecule has 0 atom stereocenters. The number of rotatable bonds is 7. The third-order valence-corrected chi connectivity index (χ3v) is 2.87. The van der Waals surface area contributed by atoms with Gasteiger partial charge in [0.25, 0.3) is 0 Å². The van der Waals surface area contributed by atoms with E-state index in [0.29, 0.717) is 6.54 Å². The summed E-state index contributed by atoms with van der Waals surface area (Å²) >= 11 is 0. The molecule has 0 aliphatic heterocycles. The third-order valence-electron chi connectivity index (χ3n) is 2.87. The number of aryl methyl sites for hydroxylation is 1. The van der Waals surface area contributed by atoms with E-state index in [9.17, 15) is 4.79 Å². The van der Waals surface area contributed by atoms with Crippen molar-refractivity contribution < 1.29 is 4.79 Å². The van der Waals surface area contributed by atoms with E-state index in [1.165, 1.54) is 5.69 Å². The van der Waals surface area contributed by atoms with Crippen molar-refractivity contribution in [3.8, 4) is 0 Å². The summed E-state index contributed by atoms with van der Waals surface area (Å²) in [5.74, 6) is 0.167. The molecule has 0 aromatic carbocycles. The average Bonchev–Trinajstić information content (AvgIpc) is 2.72. The summed E-state index contributed by atoms with van der Waals surface area (Å²) in [6.45, 7) is 6.76. The van der Waals surface area contributed by atoms with Crippen LogP contribution in [0.25, 0.3) is 0 Å². The molecule has 0 unspecified atom stereocenters. The first-order valence-corrected chi connectivity index (χ1v) is 6.14. The smallest absolute Gasteiger partial charge is 0.236 e. The van der Waals surface area contributed by atoms with Crippen LogP contribution in [-0.4, -0.2) is 46.8 Å². The van der Waals surface area contributed by atoms with E-state index >= 15 is 0 Å². The topological polar surface area (TPSA) is 50.2 Å². The van der Waals surface area contributed by atoms with E-state index in [0.717, 1.165) is 26.1 Å². The summed E-state index contributed by atoms with van der Waals surface area (Å²) in [4.78, 5) is 13.5. The number of nitrogens with zero attached hydrogens (tertiary/aromatic N) is 3. The van der Waals surface area contributed by atoms with Crippen molar-refractivity contribution in [1.29, 1.82) is 0 Å². The highest BCUT2D eigenvalue weighted by Crippen LogP contribution is 1.96. The maximum Gasteiger partial charge on any atom is 0.236 e. The van der Waals surface area contributed by atoms with Gasteiger partial charge in [-0.1, -0.05) is 0 Å². The van der Waals surface area contributed by atoms with Gasteiger partial charge in [0.05, 0.1) is 6.54 Å². The molecule has 96 valence electrons. The Kier molecular flexibility index (Phi) is 5.69. The lowest BCUT2D eigenvalue weighted by molar-refractivity contribution is -0.129. The van der Waals surface area contributed by atoms with Gasteiger partial charge in [-0.3, -0.25) is 9.48 Å². The van der Waals surface area contributed by atoms with Gasteiger partial charge in [-0.05, 0) is 19.9 Å². The standard InChI is InChI=1S/C12H22N4O/c1-4-16(5-2)12(17)10-13-8-6-11-7-9-14-15(11)3/h7,9,13H,4-6,8,10H2,1-3H3. The zero-order chi connectivity index (χ0) is 12.7. The maximum atomic E-state index is 11.7. The monoisotopic (exact) mass is 238 g/mol. The maximum absolute atomic E-state index is 11.7. The van der Waals surface area contributed by atoms with Crippen LogP contribution in [0.1, 0.15) is 19.5 Å². The van der Waals surface area contributed by atoms with Gasteiger partial charge in [-0.25, -0.2) is 0 Å². The lowest BCUT2D eigenvalue weighted by Crippen LogP contribution is -2.38. The van der Waals surface area contributed by atoms with Crippen molar-refractivity contribution >= 4 is 5.91 Å². The summed E-state index contributed by atoms with van der Waals surface area (Å²) < 4.78 is 1.86. The lowest BCUT2D eigenvalue weighted by atomic mass is 10.3. The summed E-state index contributed by atoms with van der Waals surface area (Å²) in [5.41, 5.74) is 1.17. The second-order valence-electron chi connectivity index (χ2n) is 3.94. The Morgan fingerprint density at radius 1 is 1.47 bits per heavy atom. The van der Waals surface area contributed by atoms with Crippen LogP contribution in [-0.2, 0) is 18.3 Å². The molecule has 0 aliphatic rings. The Bertz CT molecular complexity index is 344. The van der Waals surface area contributed by atoms with Gasteiger partial charge < -0.3 is 10.2 Å². The van der Waals surface area contributed by atoms with Crippen LogP contribution >= 0.6 is 0 Å². The molecule has 0 aliphatic carbocycles. The number of carbonyl (C=O) groups excluding carboxylic acids is 1. The van der Waals surface area contributed by atoms with Crippen LogP contribution < -0.4 is 5.32 Å². The van der Waals surface area contributed by atoms with Gasteiger partial charge in [-0.2, -0.15) is 5.10 Å². The van der Waals surface area contributed by atoms with Gasteiger partial charge in [-0.15, -0.1) is 0 Å². The van der Waals surface area contributed by atoms with Crippen LogP contribution in [0.4, 0.5) is 0 Å². The summed E-state index contributed by atoms with van der Waals surface area (Å²) in [6, 6.07) is 1.99. The van der Waals surface area contributed by atoms with Crippen molar-refractivity contribution in [2.45, 2.75) is 20.3 Å². The van der Waals surface area contributed by atoms with Crippen molar-refractivity contribution in [1.82, 2.24) is 20.0 Å². The molecule has 1 rings (SSSR count). The molecular weight excluding hydrogens is 216 g/mol. The van der Waals surface area contributed by atoms with Gasteiger partial charge in [0.1, 0.15) is 0 Å². The molecule has 1 N–H and O–H groups in total. The molecule has 0 saturated carbocycles. The minimum Gasteiger partial charge on any atom is -0.342 e. The molecule has 1 amide bonds. The SMILES string of the molecule is CCN(CC)C(=O)CNCCc1ccnn1C.